The highest BCUT2D eigenvalue weighted by atomic mass is 35.5. The van der Waals surface area contributed by atoms with Crippen molar-refractivity contribution >= 4 is 64.5 Å². The Balaban J connectivity index is 1.55. The number of urea groups is 1. The van der Waals surface area contributed by atoms with Crippen molar-refractivity contribution in [2.75, 3.05) is 23.7 Å². The van der Waals surface area contributed by atoms with E-state index < -0.39 is 18.0 Å². The molecule has 1 atom stereocenters. The average molecular weight is 533 g/mol. The Hall–Kier alpha value is -3.56. The molecule has 2 aromatic carbocycles. The van der Waals surface area contributed by atoms with Crippen molar-refractivity contribution in [1.29, 1.82) is 0 Å². The van der Waals surface area contributed by atoms with Crippen molar-refractivity contribution in [2.45, 2.75) is 25.8 Å². The largest absolute Gasteiger partial charge is 0.480 e. The molecule has 4 N–H and O–H groups in total. The molecule has 0 spiro atoms. The molecule has 1 fully saturated rings. The van der Waals surface area contributed by atoms with Gasteiger partial charge in [-0.2, -0.15) is 0 Å². The maximum Gasteiger partial charge on any atom is 0.325 e. The summed E-state index contributed by atoms with van der Waals surface area (Å²) in [4.78, 5) is 49.6. The van der Waals surface area contributed by atoms with Gasteiger partial charge in [0.15, 0.2) is 0 Å². The Morgan fingerprint density at radius 1 is 1.00 bits per heavy atom. The second-order valence-electron chi connectivity index (χ2n) is 8.28. The highest BCUT2D eigenvalue weighted by molar-refractivity contribution is 6.45. The zero-order valence-corrected chi connectivity index (χ0v) is 21.0. The number of hydrogen-bond acceptors (Lipinski definition) is 4. The summed E-state index contributed by atoms with van der Waals surface area (Å²) in [5.41, 5.74) is 1.44. The quantitative estimate of drug-likeness (QED) is 0.391. The number of halogens is 2. The van der Waals surface area contributed by atoms with Crippen molar-refractivity contribution in [3.63, 3.8) is 0 Å². The number of likely N-dealkylation sites (tertiary alicyclic amines) is 1. The van der Waals surface area contributed by atoms with E-state index in [9.17, 15) is 19.2 Å². The fraction of sp³-hybridized carbons (Fsp3) is 0.280. The van der Waals surface area contributed by atoms with Gasteiger partial charge in [0, 0.05) is 30.8 Å². The number of piperidine rings is 1. The van der Waals surface area contributed by atoms with E-state index in [-0.39, 0.29) is 27.8 Å². The molecule has 9 nitrogen and oxygen atoms in total. The number of carboxylic acid groups (broad SMARTS) is 1. The molecule has 4 amide bonds. The molecular weight excluding hydrogens is 507 g/mol. The van der Waals surface area contributed by atoms with Gasteiger partial charge in [0.25, 0.3) is 0 Å². The summed E-state index contributed by atoms with van der Waals surface area (Å²) in [6.45, 7) is 2.15. The molecule has 1 saturated heterocycles. The molecule has 0 bridgehead atoms. The number of benzene rings is 2. The number of nitrogens with zero attached hydrogens (tertiary/aromatic N) is 1. The molecule has 190 valence electrons. The number of para-hydroxylation sites is 1. The zero-order chi connectivity index (χ0) is 26.2. The number of nitrogens with one attached hydrogen (secondary N) is 3. The fourth-order valence-electron chi connectivity index (χ4n) is 3.62. The Kier molecular flexibility index (Phi) is 9.32. The lowest BCUT2D eigenvalue weighted by Gasteiger charge is -2.31. The minimum atomic E-state index is -1.10. The van der Waals surface area contributed by atoms with E-state index >= 15 is 0 Å². The van der Waals surface area contributed by atoms with E-state index in [1.54, 1.807) is 41.3 Å². The monoisotopic (exact) mass is 532 g/mol. The van der Waals surface area contributed by atoms with Crippen LogP contribution >= 0.6 is 23.2 Å². The molecule has 3 rings (SSSR count). The third-order valence-corrected chi connectivity index (χ3v) is 6.60. The molecule has 0 radical (unpaired) electrons. The Labute approximate surface area is 218 Å². The summed E-state index contributed by atoms with van der Waals surface area (Å²) < 4.78 is 0. The van der Waals surface area contributed by atoms with Gasteiger partial charge in [0.2, 0.25) is 11.8 Å². The van der Waals surface area contributed by atoms with Crippen LogP contribution < -0.4 is 16.0 Å². The maximum absolute atomic E-state index is 12.6. The predicted molar refractivity (Wildman–Crippen MR) is 139 cm³/mol. The number of amides is 4. The van der Waals surface area contributed by atoms with Gasteiger partial charge in [-0.05, 0) is 49.6 Å². The molecule has 1 aliphatic heterocycles. The van der Waals surface area contributed by atoms with Crippen LogP contribution in [0.15, 0.2) is 48.5 Å². The van der Waals surface area contributed by atoms with Gasteiger partial charge in [-0.3, -0.25) is 14.4 Å². The standard InChI is InChI=1S/C25H26Cl2N4O5/c1-15(24(34)35)28-23(33)17-11-13-31(14-12-17)20(32)10-8-16-7-9-19(22(27)21(16)26)30-25(36)29-18-5-3-2-4-6-18/h2-10,15,17H,11-14H2,1H3,(H,28,33)(H,34,35)(H2,29,30,36). The van der Waals surface area contributed by atoms with E-state index in [0.29, 0.717) is 42.9 Å². The van der Waals surface area contributed by atoms with Crippen LogP contribution in [0, 0.1) is 5.92 Å². The lowest BCUT2D eigenvalue weighted by atomic mass is 9.95. The van der Waals surface area contributed by atoms with Crippen LogP contribution in [0.1, 0.15) is 25.3 Å². The van der Waals surface area contributed by atoms with Crippen molar-refractivity contribution < 1.29 is 24.3 Å². The smallest absolute Gasteiger partial charge is 0.325 e. The van der Waals surface area contributed by atoms with E-state index in [4.69, 9.17) is 28.3 Å². The normalized spacial score (nSPS) is 14.8. The zero-order valence-electron chi connectivity index (χ0n) is 19.5. The summed E-state index contributed by atoms with van der Waals surface area (Å²) >= 11 is 12.7. The molecular formula is C25H26Cl2N4O5. The van der Waals surface area contributed by atoms with Gasteiger partial charge in [-0.1, -0.05) is 47.5 Å². The van der Waals surface area contributed by atoms with Gasteiger partial charge >= 0.3 is 12.0 Å². The Bertz CT molecular complexity index is 1160. The summed E-state index contributed by atoms with van der Waals surface area (Å²) in [5.74, 6) is -2.00. The highest BCUT2D eigenvalue weighted by Gasteiger charge is 2.28. The molecule has 0 saturated carbocycles. The molecule has 1 heterocycles. The van der Waals surface area contributed by atoms with Crippen molar-refractivity contribution in [3.05, 3.63) is 64.1 Å². The first-order chi connectivity index (χ1) is 17.2. The third kappa shape index (κ3) is 7.22. The first kappa shape index (κ1) is 27.0. The van der Waals surface area contributed by atoms with Crippen molar-refractivity contribution in [2.24, 2.45) is 5.92 Å². The van der Waals surface area contributed by atoms with Crippen LogP contribution in [-0.4, -0.2) is 53.0 Å². The van der Waals surface area contributed by atoms with E-state index in [1.807, 2.05) is 6.07 Å². The van der Waals surface area contributed by atoms with Gasteiger partial charge in [-0.25, -0.2) is 4.79 Å². The maximum atomic E-state index is 12.6. The molecule has 11 heteroatoms. The number of anilines is 2. The van der Waals surface area contributed by atoms with Gasteiger partial charge < -0.3 is 26.0 Å². The predicted octanol–water partition coefficient (Wildman–Crippen LogP) is 4.48. The SMILES string of the molecule is CC(NC(=O)C1CCN(C(=O)C=Cc2ccc(NC(=O)Nc3ccccc3)c(Cl)c2Cl)CC1)C(=O)O. The summed E-state index contributed by atoms with van der Waals surface area (Å²) in [6, 6.07) is 10.7. The minimum absolute atomic E-state index is 0.136. The molecule has 1 aliphatic rings. The van der Waals surface area contributed by atoms with E-state index in [1.165, 1.54) is 19.1 Å². The number of carboxylic acids is 1. The number of hydrogen-bond donors (Lipinski definition) is 4. The van der Waals surface area contributed by atoms with Crippen LogP contribution in [-0.2, 0) is 14.4 Å². The van der Waals surface area contributed by atoms with Crippen LogP contribution in [0.25, 0.3) is 6.08 Å². The van der Waals surface area contributed by atoms with Crippen LogP contribution in [0.5, 0.6) is 0 Å². The van der Waals surface area contributed by atoms with E-state index in [0.717, 1.165) is 0 Å². The first-order valence-corrected chi connectivity index (χ1v) is 12.0. The number of carbonyl (C=O) groups excluding carboxylic acids is 3. The fourth-order valence-corrected chi connectivity index (χ4v) is 4.06. The molecule has 2 aromatic rings. The van der Waals surface area contributed by atoms with E-state index in [2.05, 4.69) is 16.0 Å². The summed E-state index contributed by atoms with van der Waals surface area (Å²) in [6.07, 6.45) is 3.79. The third-order valence-electron chi connectivity index (χ3n) is 5.70. The lowest BCUT2D eigenvalue weighted by molar-refractivity contribution is -0.142. The van der Waals surface area contributed by atoms with Gasteiger partial charge in [-0.15, -0.1) is 0 Å². The molecule has 0 aliphatic carbocycles. The number of carbonyl (C=O) groups is 4. The van der Waals surface area contributed by atoms with Crippen molar-refractivity contribution in [3.8, 4) is 0 Å². The highest BCUT2D eigenvalue weighted by Crippen LogP contribution is 2.34. The molecule has 0 aromatic heterocycles. The first-order valence-electron chi connectivity index (χ1n) is 11.3. The molecule has 36 heavy (non-hydrogen) atoms. The lowest BCUT2D eigenvalue weighted by Crippen LogP contribution is -2.46. The van der Waals surface area contributed by atoms with Gasteiger partial charge in [0.05, 0.1) is 15.7 Å². The number of rotatable bonds is 7. The summed E-state index contributed by atoms with van der Waals surface area (Å²) in [7, 11) is 0. The summed E-state index contributed by atoms with van der Waals surface area (Å²) in [5, 5.41) is 17.0. The van der Waals surface area contributed by atoms with Gasteiger partial charge in [0.1, 0.15) is 6.04 Å². The Morgan fingerprint density at radius 2 is 1.67 bits per heavy atom. The average Bonchev–Trinajstić information content (AvgIpc) is 2.86. The molecule has 1 unspecified atom stereocenters. The van der Waals surface area contributed by atoms with Crippen LogP contribution in [0.3, 0.4) is 0 Å². The number of aliphatic carboxylic acids is 1. The Morgan fingerprint density at radius 3 is 2.31 bits per heavy atom. The second-order valence-corrected chi connectivity index (χ2v) is 9.03. The second kappa shape index (κ2) is 12.4. The minimum Gasteiger partial charge on any atom is -0.480 e. The van der Waals surface area contributed by atoms with Crippen LogP contribution in [0.2, 0.25) is 10.0 Å². The van der Waals surface area contributed by atoms with Crippen molar-refractivity contribution in [1.82, 2.24) is 10.2 Å². The topological polar surface area (TPSA) is 128 Å². The van der Waals surface area contributed by atoms with Crippen LogP contribution in [0.4, 0.5) is 16.2 Å².